The molecule has 0 spiro atoms. The van der Waals surface area contributed by atoms with E-state index in [2.05, 4.69) is 31.9 Å². The van der Waals surface area contributed by atoms with Crippen LogP contribution in [-0.4, -0.2) is 112 Å². The van der Waals surface area contributed by atoms with Crippen LogP contribution in [0.3, 0.4) is 0 Å². The molecule has 0 aliphatic carbocycles. The number of benzene rings is 2. The Hall–Kier alpha value is -4.33. The fraction of sp³-hybridized carbons (Fsp3) is 0.452. The van der Waals surface area contributed by atoms with Gasteiger partial charge in [0.15, 0.2) is 0 Å². The van der Waals surface area contributed by atoms with E-state index in [4.69, 9.17) is 0 Å². The Morgan fingerprint density at radius 2 is 1.32 bits per heavy atom. The van der Waals surface area contributed by atoms with Gasteiger partial charge in [-0.05, 0) is 30.8 Å². The number of nitrogens with zero attached hydrogens (tertiary/aromatic N) is 1. The van der Waals surface area contributed by atoms with Crippen molar-refractivity contribution >= 4 is 29.6 Å². The zero-order chi connectivity index (χ0) is 32.3. The quantitative estimate of drug-likeness (QED) is 0.0956. The number of hydrogen-bond donors (Lipinski definition) is 7. The summed E-state index contributed by atoms with van der Waals surface area (Å²) in [6.07, 6.45) is -0.526. The van der Waals surface area contributed by atoms with Gasteiger partial charge in [-0.2, -0.15) is 0 Å². The van der Waals surface area contributed by atoms with Gasteiger partial charge in [-0.1, -0.05) is 54.6 Å². The third kappa shape index (κ3) is 13.8. The van der Waals surface area contributed by atoms with Gasteiger partial charge < -0.3 is 37.0 Å². The van der Waals surface area contributed by atoms with E-state index in [1.54, 1.807) is 0 Å². The molecule has 2 rings (SSSR count). The minimum Gasteiger partial charge on any atom is -0.481 e. The highest BCUT2D eigenvalue weighted by Crippen LogP contribution is 2.19. The summed E-state index contributed by atoms with van der Waals surface area (Å²) in [6, 6.07) is 14.9. The molecule has 0 saturated carbocycles. The van der Waals surface area contributed by atoms with Gasteiger partial charge in [0.25, 0.3) is 0 Å². The second-order valence-corrected chi connectivity index (χ2v) is 10.3. The van der Waals surface area contributed by atoms with E-state index in [0.717, 1.165) is 29.8 Å². The van der Waals surface area contributed by atoms with Crippen molar-refractivity contribution in [1.82, 2.24) is 36.8 Å². The second kappa shape index (κ2) is 19.8. The number of carboxylic acid groups (broad SMARTS) is 1. The minimum absolute atomic E-state index is 0.0342. The van der Waals surface area contributed by atoms with Crippen LogP contribution in [-0.2, 0) is 30.4 Å². The maximum Gasteiger partial charge on any atom is 0.305 e. The molecule has 2 aromatic carbocycles. The Balaban J connectivity index is 1.95. The van der Waals surface area contributed by atoms with Crippen molar-refractivity contribution in [3.8, 4) is 11.1 Å². The van der Waals surface area contributed by atoms with Crippen molar-refractivity contribution in [2.45, 2.75) is 31.8 Å². The maximum atomic E-state index is 13.2. The molecule has 240 valence electrons. The lowest BCUT2D eigenvalue weighted by Crippen LogP contribution is -2.55. The van der Waals surface area contributed by atoms with Crippen LogP contribution in [0.1, 0.15) is 18.9 Å². The Bertz CT molecular complexity index is 1200. The Labute approximate surface area is 258 Å². The summed E-state index contributed by atoms with van der Waals surface area (Å²) in [6.45, 7) is 4.46. The summed E-state index contributed by atoms with van der Waals surface area (Å²) in [5.74, 6) is -3.35. The van der Waals surface area contributed by atoms with Gasteiger partial charge >= 0.3 is 5.97 Å². The van der Waals surface area contributed by atoms with Crippen molar-refractivity contribution < 1.29 is 29.1 Å². The third-order valence-corrected chi connectivity index (χ3v) is 6.68. The molecule has 0 bridgehead atoms. The molecule has 4 amide bonds. The van der Waals surface area contributed by atoms with E-state index in [1.165, 1.54) is 6.92 Å². The van der Waals surface area contributed by atoms with Crippen molar-refractivity contribution in [3.63, 3.8) is 0 Å². The smallest absolute Gasteiger partial charge is 0.305 e. The highest BCUT2D eigenvalue weighted by atomic mass is 16.4. The molecular weight excluding hydrogens is 566 g/mol. The molecule has 0 heterocycles. The number of likely N-dealkylation sites (N-methyl/N-ethyl adjacent to an activating group) is 2. The largest absolute Gasteiger partial charge is 0.481 e. The Morgan fingerprint density at radius 3 is 1.89 bits per heavy atom. The molecule has 0 fully saturated rings. The fourth-order valence-corrected chi connectivity index (χ4v) is 4.39. The molecule has 2 aromatic rings. The third-order valence-electron chi connectivity index (χ3n) is 6.68. The molecule has 13 heteroatoms. The van der Waals surface area contributed by atoms with Gasteiger partial charge in [0.2, 0.25) is 23.6 Å². The van der Waals surface area contributed by atoms with Gasteiger partial charge in [0, 0.05) is 52.6 Å². The number of rotatable bonds is 20. The molecule has 0 aliphatic heterocycles. The molecule has 0 saturated heterocycles. The molecule has 0 aliphatic rings. The zero-order valence-electron chi connectivity index (χ0n) is 25.7. The van der Waals surface area contributed by atoms with Crippen LogP contribution < -0.4 is 31.9 Å². The van der Waals surface area contributed by atoms with Gasteiger partial charge in [-0.3, -0.25) is 28.9 Å². The lowest BCUT2D eigenvalue weighted by Gasteiger charge is -2.23. The van der Waals surface area contributed by atoms with E-state index < -0.39 is 42.2 Å². The first kappa shape index (κ1) is 35.9. The molecule has 44 heavy (non-hydrogen) atoms. The molecule has 0 aromatic heterocycles. The molecule has 2 atom stereocenters. The van der Waals surface area contributed by atoms with Gasteiger partial charge in [-0.15, -0.1) is 0 Å². The normalized spacial score (nSPS) is 12.2. The molecule has 0 radical (unpaired) electrons. The predicted octanol–water partition coefficient (Wildman–Crippen LogP) is -0.666. The lowest BCUT2D eigenvalue weighted by molar-refractivity contribution is -0.141. The summed E-state index contributed by atoms with van der Waals surface area (Å²) in [5.41, 5.74) is 2.79. The van der Waals surface area contributed by atoms with E-state index >= 15 is 0 Å². The number of hydrogen-bond acceptors (Lipinski definition) is 8. The fourth-order valence-electron chi connectivity index (χ4n) is 4.39. The monoisotopic (exact) mass is 611 g/mol. The topological polar surface area (TPSA) is 181 Å². The van der Waals surface area contributed by atoms with Crippen LogP contribution in [0.2, 0.25) is 0 Å². The predicted molar refractivity (Wildman–Crippen MR) is 168 cm³/mol. The molecule has 2 unspecified atom stereocenters. The summed E-state index contributed by atoms with van der Waals surface area (Å²) in [4.78, 5) is 63.7. The van der Waals surface area contributed by atoms with Crippen molar-refractivity contribution in [2.75, 3.05) is 59.9 Å². The van der Waals surface area contributed by atoms with Crippen LogP contribution in [0, 0.1) is 0 Å². The highest BCUT2D eigenvalue weighted by Gasteiger charge is 2.28. The lowest BCUT2D eigenvalue weighted by atomic mass is 10.00. The van der Waals surface area contributed by atoms with Gasteiger partial charge in [-0.25, -0.2) is 0 Å². The number of carbonyl (C=O) groups excluding carboxylic acids is 4. The first-order valence-electron chi connectivity index (χ1n) is 14.6. The van der Waals surface area contributed by atoms with E-state index in [9.17, 15) is 29.1 Å². The van der Waals surface area contributed by atoms with E-state index in [1.807, 2.05) is 73.6 Å². The number of amides is 4. The van der Waals surface area contributed by atoms with Crippen LogP contribution in [0.25, 0.3) is 11.1 Å². The number of nitrogens with one attached hydrogen (secondary N) is 6. The van der Waals surface area contributed by atoms with E-state index in [0.29, 0.717) is 13.1 Å². The average molecular weight is 612 g/mol. The second-order valence-electron chi connectivity index (χ2n) is 10.3. The highest BCUT2D eigenvalue weighted by molar-refractivity contribution is 5.93. The zero-order valence-corrected chi connectivity index (χ0v) is 25.7. The maximum absolute atomic E-state index is 13.2. The summed E-state index contributed by atoms with van der Waals surface area (Å²) >= 11 is 0. The summed E-state index contributed by atoms with van der Waals surface area (Å²) < 4.78 is 0. The van der Waals surface area contributed by atoms with Crippen LogP contribution in [0.4, 0.5) is 0 Å². The first-order chi connectivity index (χ1) is 21.1. The van der Waals surface area contributed by atoms with Crippen molar-refractivity contribution in [1.29, 1.82) is 0 Å². The Kier molecular flexibility index (Phi) is 16.1. The minimum atomic E-state index is -1.38. The first-order valence-corrected chi connectivity index (χ1v) is 14.6. The number of aliphatic carboxylic acids is 1. The van der Waals surface area contributed by atoms with Gasteiger partial charge in [0.05, 0.1) is 13.0 Å². The summed E-state index contributed by atoms with van der Waals surface area (Å²) in [7, 11) is 3.67. The van der Waals surface area contributed by atoms with Crippen LogP contribution >= 0.6 is 0 Å². The summed E-state index contributed by atoms with van der Waals surface area (Å²) in [5, 5.41) is 25.8. The van der Waals surface area contributed by atoms with Crippen LogP contribution in [0.15, 0.2) is 54.6 Å². The van der Waals surface area contributed by atoms with Crippen molar-refractivity contribution in [2.24, 2.45) is 0 Å². The van der Waals surface area contributed by atoms with Gasteiger partial charge in [0.1, 0.15) is 12.1 Å². The number of carbonyl (C=O) groups is 5. The molecule has 13 nitrogen and oxygen atoms in total. The molecule has 7 N–H and O–H groups in total. The number of carboxylic acids is 1. The van der Waals surface area contributed by atoms with Crippen molar-refractivity contribution in [3.05, 3.63) is 60.2 Å². The van der Waals surface area contributed by atoms with Crippen LogP contribution in [0.5, 0.6) is 0 Å². The average Bonchev–Trinajstić information content (AvgIpc) is 3.00. The molecular formula is C31H45N7O6. The standard InChI is InChI=1S/C31H45N7O6/c1-22(39)36-26(19-23-9-11-25(12-10-23)24-7-5-4-6-8-24)31(44)37-27(20-29(41)42)30(43)35-14-13-34-28(40)21-38(17-15-32-2)18-16-33-3/h4-12,26-27,32-33H,13-21H2,1-3H3,(H,34,40)(H,35,43)(H,36,39)(H,37,44)(H,41,42). The van der Waals surface area contributed by atoms with E-state index in [-0.39, 0.29) is 32.0 Å². The SMILES string of the molecule is CNCCN(CCNC)CC(=O)NCCNC(=O)C(CC(=O)O)NC(=O)C(Cc1ccc(-c2ccccc2)cc1)NC(C)=O. The Morgan fingerprint density at radius 1 is 0.727 bits per heavy atom.